The van der Waals surface area contributed by atoms with Gasteiger partial charge in [0.05, 0.1) is 11.3 Å². The smallest absolute Gasteiger partial charge is 0.259 e. The van der Waals surface area contributed by atoms with Gasteiger partial charge < -0.3 is 15.5 Å². The number of hydrogen-bond acceptors (Lipinski definition) is 3. The van der Waals surface area contributed by atoms with Crippen LogP contribution >= 0.6 is 15.9 Å². The van der Waals surface area contributed by atoms with Crippen molar-refractivity contribution >= 4 is 27.5 Å². The van der Waals surface area contributed by atoms with Crippen molar-refractivity contribution < 1.29 is 19.4 Å². The van der Waals surface area contributed by atoms with Crippen LogP contribution in [0.25, 0.3) is 0 Å². The topological polar surface area (TPSA) is 69.6 Å². The van der Waals surface area contributed by atoms with Gasteiger partial charge in [0.1, 0.15) is 5.82 Å². The van der Waals surface area contributed by atoms with Gasteiger partial charge in [-0.2, -0.15) is 0 Å². The van der Waals surface area contributed by atoms with Crippen molar-refractivity contribution in [3.05, 3.63) is 52.3 Å². The van der Waals surface area contributed by atoms with Crippen LogP contribution in [-0.2, 0) is 0 Å². The molecule has 0 spiro atoms. The molecular formula is C13H9BrFNO3. The molecule has 6 heteroatoms. The average Bonchev–Trinajstić information content (AvgIpc) is 2.37. The molecule has 0 bridgehead atoms. The van der Waals surface area contributed by atoms with E-state index in [0.29, 0.717) is 4.47 Å². The Kier molecular flexibility index (Phi) is 3.71. The number of phenols is 2. The number of anilines is 1. The fourth-order valence-electron chi connectivity index (χ4n) is 1.50. The van der Waals surface area contributed by atoms with Gasteiger partial charge in [0.25, 0.3) is 5.91 Å². The van der Waals surface area contributed by atoms with Gasteiger partial charge in [0.15, 0.2) is 11.5 Å². The van der Waals surface area contributed by atoms with Crippen molar-refractivity contribution in [3.8, 4) is 11.5 Å². The van der Waals surface area contributed by atoms with Gasteiger partial charge >= 0.3 is 0 Å². The quantitative estimate of drug-likeness (QED) is 0.742. The summed E-state index contributed by atoms with van der Waals surface area (Å²) < 4.78 is 14.1. The lowest BCUT2D eigenvalue weighted by molar-refractivity contribution is 0.102. The predicted octanol–water partition coefficient (Wildman–Crippen LogP) is 3.25. The number of benzene rings is 2. The third-order valence-electron chi connectivity index (χ3n) is 2.44. The molecule has 3 N–H and O–H groups in total. The van der Waals surface area contributed by atoms with Gasteiger partial charge in [0, 0.05) is 4.47 Å². The molecule has 0 saturated carbocycles. The Hall–Kier alpha value is -2.08. The maximum absolute atomic E-state index is 13.5. The van der Waals surface area contributed by atoms with Crippen molar-refractivity contribution in [2.75, 3.05) is 5.32 Å². The van der Waals surface area contributed by atoms with E-state index in [0.717, 1.165) is 0 Å². The Labute approximate surface area is 116 Å². The minimum atomic E-state index is -0.717. The number of halogens is 2. The first kappa shape index (κ1) is 13.4. The van der Waals surface area contributed by atoms with E-state index in [-0.39, 0.29) is 11.3 Å². The van der Waals surface area contributed by atoms with Crippen LogP contribution in [-0.4, -0.2) is 16.1 Å². The van der Waals surface area contributed by atoms with Crippen molar-refractivity contribution in [2.24, 2.45) is 0 Å². The fourth-order valence-corrected chi connectivity index (χ4v) is 1.86. The number of aromatic hydroxyl groups is 2. The van der Waals surface area contributed by atoms with Gasteiger partial charge in [-0.05, 0) is 30.3 Å². The van der Waals surface area contributed by atoms with Crippen LogP contribution in [0.5, 0.6) is 11.5 Å². The molecule has 19 heavy (non-hydrogen) atoms. The molecule has 0 heterocycles. The van der Waals surface area contributed by atoms with E-state index in [1.54, 1.807) is 0 Å². The van der Waals surface area contributed by atoms with E-state index in [1.807, 2.05) is 0 Å². The molecule has 98 valence electrons. The number of rotatable bonds is 2. The molecule has 2 aromatic carbocycles. The summed E-state index contributed by atoms with van der Waals surface area (Å²) in [5.41, 5.74) is -0.165. The Morgan fingerprint density at radius 2 is 1.95 bits per heavy atom. The highest BCUT2D eigenvalue weighted by Gasteiger charge is 2.15. The summed E-state index contributed by atoms with van der Waals surface area (Å²) in [4.78, 5) is 11.9. The lowest BCUT2D eigenvalue weighted by Crippen LogP contribution is -2.13. The van der Waals surface area contributed by atoms with Crippen molar-refractivity contribution in [1.82, 2.24) is 0 Å². The van der Waals surface area contributed by atoms with Crippen LogP contribution in [0.15, 0.2) is 40.9 Å². The first-order chi connectivity index (χ1) is 8.99. The largest absolute Gasteiger partial charge is 0.504 e. The normalized spacial score (nSPS) is 10.2. The van der Waals surface area contributed by atoms with Crippen LogP contribution in [0.3, 0.4) is 0 Å². The summed E-state index contributed by atoms with van der Waals surface area (Å²) in [5.74, 6) is -2.28. The lowest BCUT2D eigenvalue weighted by Gasteiger charge is -2.08. The van der Waals surface area contributed by atoms with Crippen LogP contribution in [0, 0.1) is 5.82 Å². The number of hydrogen-bond donors (Lipinski definition) is 3. The molecule has 0 unspecified atom stereocenters. The van der Waals surface area contributed by atoms with E-state index in [2.05, 4.69) is 21.2 Å². The minimum Gasteiger partial charge on any atom is -0.504 e. The highest BCUT2D eigenvalue weighted by Crippen LogP contribution is 2.29. The molecule has 4 nitrogen and oxygen atoms in total. The molecule has 2 aromatic rings. The second-order valence-corrected chi connectivity index (χ2v) is 4.67. The summed E-state index contributed by atoms with van der Waals surface area (Å²) in [6.07, 6.45) is 0. The van der Waals surface area contributed by atoms with Crippen LogP contribution in [0.1, 0.15) is 10.4 Å². The van der Waals surface area contributed by atoms with Crippen LogP contribution in [0.2, 0.25) is 0 Å². The van der Waals surface area contributed by atoms with Crippen molar-refractivity contribution in [3.63, 3.8) is 0 Å². The molecule has 0 aliphatic heterocycles. The molecule has 0 fully saturated rings. The third kappa shape index (κ3) is 2.85. The Bertz CT molecular complexity index is 646. The molecule has 0 aliphatic carbocycles. The zero-order chi connectivity index (χ0) is 14.0. The van der Waals surface area contributed by atoms with E-state index in [9.17, 15) is 19.4 Å². The summed E-state index contributed by atoms with van der Waals surface area (Å²) in [6.45, 7) is 0. The molecule has 0 aliphatic rings. The van der Waals surface area contributed by atoms with Crippen LogP contribution in [0.4, 0.5) is 10.1 Å². The molecule has 0 aromatic heterocycles. The predicted molar refractivity (Wildman–Crippen MR) is 71.8 cm³/mol. The summed E-state index contributed by atoms with van der Waals surface area (Å²) in [6, 6.07) is 8.05. The number of carbonyl (C=O) groups is 1. The van der Waals surface area contributed by atoms with E-state index in [4.69, 9.17) is 0 Å². The van der Waals surface area contributed by atoms with E-state index in [1.165, 1.54) is 36.4 Å². The molecule has 0 atom stereocenters. The number of phenolic OH excluding ortho intramolecular Hbond substituents is 2. The number of nitrogens with one attached hydrogen (secondary N) is 1. The Balaban J connectivity index is 2.31. The first-order valence-electron chi connectivity index (χ1n) is 5.26. The maximum Gasteiger partial charge on any atom is 0.259 e. The van der Waals surface area contributed by atoms with E-state index < -0.39 is 23.2 Å². The van der Waals surface area contributed by atoms with Crippen molar-refractivity contribution in [1.29, 1.82) is 0 Å². The Morgan fingerprint density at radius 1 is 1.21 bits per heavy atom. The second kappa shape index (κ2) is 5.27. The Morgan fingerprint density at radius 3 is 2.68 bits per heavy atom. The van der Waals surface area contributed by atoms with Crippen LogP contribution < -0.4 is 5.32 Å². The maximum atomic E-state index is 13.5. The number of para-hydroxylation sites is 1. The monoisotopic (exact) mass is 325 g/mol. The minimum absolute atomic E-state index is 0.0258. The lowest BCUT2D eigenvalue weighted by atomic mass is 10.1. The molecule has 0 radical (unpaired) electrons. The molecular weight excluding hydrogens is 317 g/mol. The summed E-state index contributed by atoms with van der Waals surface area (Å²) in [7, 11) is 0. The summed E-state index contributed by atoms with van der Waals surface area (Å²) in [5, 5.41) is 21.2. The zero-order valence-corrected chi connectivity index (χ0v) is 11.1. The average molecular weight is 326 g/mol. The number of carbonyl (C=O) groups excluding carboxylic acids is 1. The SMILES string of the molecule is O=C(Nc1cc(Br)ccc1F)c1cccc(O)c1O. The van der Waals surface area contributed by atoms with E-state index >= 15 is 0 Å². The van der Waals surface area contributed by atoms with Gasteiger partial charge in [-0.15, -0.1) is 0 Å². The van der Waals surface area contributed by atoms with Crippen molar-refractivity contribution in [2.45, 2.75) is 0 Å². The third-order valence-corrected chi connectivity index (χ3v) is 2.93. The molecule has 1 amide bonds. The standard InChI is InChI=1S/C13H9BrFNO3/c14-7-4-5-9(15)10(6-7)16-13(19)8-2-1-3-11(17)12(8)18/h1-6,17-18H,(H,16,19). The zero-order valence-electron chi connectivity index (χ0n) is 9.52. The van der Waals surface area contributed by atoms with Gasteiger partial charge in [0.2, 0.25) is 0 Å². The fraction of sp³-hybridized carbons (Fsp3) is 0. The highest BCUT2D eigenvalue weighted by atomic mass is 79.9. The van der Waals surface area contributed by atoms with Gasteiger partial charge in [-0.1, -0.05) is 22.0 Å². The second-order valence-electron chi connectivity index (χ2n) is 3.75. The first-order valence-corrected chi connectivity index (χ1v) is 6.05. The molecule has 2 rings (SSSR count). The van der Waals surface area contributed by atoms with Gasteiger partial charge in [-0.25, -0.2) is 4.39 Å². The molecule has 0 saturated heterocycles. The number of amides is 1. The summed E-state index contributed by atoms with van der Waals surface area (Å²) >= 11 is 3.16. The van der Waals surface area contributed by atoms with Gasteiger partial charge in [-0.3, -0.25) is 4.79 Å². The highest BCUT2D eigenvalue weighted by molar-refractivity contribution is 9.10.